The first kappa shape index (κ1) is 14.7. The maximum absolute atomic E-state index is 12.9. The second kappa shape index (κ2) is 5.34. The Morgan fingerprint density at radius 1 is 0.958 bits per heavy atom. The van der Waals surface area contributed by atoms with E-state index in [0.29, 0.717) is 28.2 Å². The maximum atomic E-state index is 12.9. The fraction of sp³-hybridized carbons (Fsp3) is 0.125. The minimum absolute atomic E-state index is 0.0953. The number of fused-ring (bicyclic) bond motifs is 2. The number of sulfonamides is 1. The van der Waals surface area contributed by atoms with Gasteiger partial charge in [-0.05, 0) is 30.3 Å². The van der Waals surface area contributed by atoms with Crippen LogP contribution < -0.4 is 13.8 Å². The minimum atomic E-state index is -3.73. The summed E-state index contributed by atoms with van der Waals surface area (Å²) in [4.78, 5) is 8.52. The van der Waals surface area contributed by atoms with Crippen LogP contribution in [0.4, 0.5) is 5.69 Å². The van der Waals surface area contributed by atoms with Gasteiger partial charge >= 0.3 is 0 Å². The predicted molar refractivity (Wildman–Crippen MR) is 87.7 cm³/mol. The number of hydrogen-bond acceptors (Lipinski definition) is 6. The number of hydrogen-bond donors (Lipinski definition) is 0. The molecule has 0 saturated carbocycles. The van der Waals surface area contributed by atoms with Crippen molar-refractivity contribution in [1.82, 2.24) is 9.97 Å². The molecule has 0 unspecified atom stereocenters. The van der Waals surface area contributed by atoms with Gasteiger partial charge in [0.25, 0.3) is 10.0 Å². The van der Waals surface area contributed by atoms with Gasteiger partial charge in [0.2, 0.25) is 6.79 Å². The Morgan fingerprint density at radius 3 is 2.54 bits per heavy atom. The van der Waals surface area contributed by atoms with Crippen molar-refractivity contribution in [3.05, 3.63) is 48.8 Å². The molecular formula is C16H13N3O4S. The molecule has 24 heavy (non-hydrogen) atoms. The number of aromatic nitrogens is 2. The third-order valence-corrected chi connectivity index (χ3v) is 5.60. The van der Waals surface area contributed by atoms with Gasteiger partial charge in [0.1, 0.15) is 0 Å². The molecule has 0 spiro atoms. The van der Waals surface area contributed by atoms with Crippen LogP contribution in [-0.4, -0.2) is 32.2 Å². The van der Waals surface area contributed by atoms with Gasteiger partial charge in [-0.15, -0.1) is 0 Å². The summed E-state index contributed by atoms with van der Waals surface area (Å²) in [5.41, 5.74) is 1.83. The molecule has 0 radical (unpaired) electrons. The summed E-state index contributed by atoms with van der Waals surface area (Å²) in [5.74, 6) is 0.964. The highest BCUT2D eigenvalue weighted by atomic mass is 32.2. The first-order chi connectivity index (χ1) is 11.6. The third kappa shape index (κ3) is 2.31. The zero-order valence-electron chi connectivity index (χ0n) is 12.7. The summed E-state index contributed by atoms with van der Waals surface area (Å²) in [6.07, 6.45) is 3.16. The lowest BCUT2D eigenvalue weighted by Crippen LogP contribution is -2.26. The quantitative estimate of drug-likeness (QED) is 0.725. The first-order valence-corrected chi connectivity index (χ1v) is 8.59. The van der Waals surface area contributed by atoms with E-state index in [2.05, 4.69) is 9.97 Å². The van der Waals surface area contributed by atoms with Crippen molar-refractivity contribution in [2.75, 3.05) is 18.1 Å². The van der Waals surface area contributed by atoms with Gasteiger partial charge in [-0.25, -0.2) is 8.42 Å². The summed E-state index contributed by atoms with van der Waals surface area (Å²) in [6.45, 7) is 0.0953. The van der Waals surface area contributed by atoms with Crippen LogP contribution in [-0.2, 0) is 10.0 Å². The lowest BCUT2D eigenvalue weighted by atomic mass is 10.2. The fourth-order valence-corrected chi connectivity index (χ4v) is 3.69. The van der Waals surface area contributed by atoms with Gasteiger partial charge in [0.05, 0.1) is 21.6 Å². The molecule has 1 aliphatic heterocycles. The highest BCUT2D eigenvalue weighted by molar-refractivity contribution is 7.92. The molecule has 2 aromatic carbocycles. The smallest absolute Gasteiger partial charge is 0.264 e. The third-order valence-electron chi connectivity index (χ3n) is 3.82. The van der Waals surface area contributed by atoms with Crippen LogP contribution in [0, 0.1) is 0 Å². The van der Waals surface area contributed by atoms with Gasteiger partial charge < -0.3 is 9.47 Å². The Balaban J connectivity index is 1.75. The molecule has 8 heteroatoms. The average molecular weight is 343 g/mol. The Morgan fingerprint density at radius 2 is 1.71 bits per heavy atom. The molecule has 0 saturated heterocycles. The molecule has 4 rings (SSSR count). The molecule has 0 aliphatic carbocycles. The van der Waals surface area contributed by atoms with Crippen LogP contribution in [0.1, 0.15) is 0 Å². The standard InChI is InChI=1S/C16H13N3O4S/c1-19(11-2-4-13-14(8-11)18-7-6-17-13)24(20,21)12-3-5-15-16(9-12)23-10-22-15/h2-9H,10H2,1H3. The number of benzene rings is 2. The van der Waals surface area contributed by atoms with Crippen LogP contribution in [0.5, 0.6) is 11.5 Å². The van der Waals surface area contributed by atoms with Gasteiger partial charge in [-0.3, -0.25) is 14.3 Å². The Hall–Kier alpha value is -2.87. The SMILES string of the molecule is CN(c1ccc2nccnc2c1)S(=O)(=O)c1ccc2c(c1)OCO2. The minimum Gasteiger partial charge on any atom is -0.454 e. The highest BCUT2D eigenvalue weighted by Crippen LogP contribution is 2.35. The van der Waals surface area contributed by atoms with Crippen molar-refractivity contribution >= 4 is 26.7 Å². The first-order valence-electron chi connectivity index (χ1n) is 7.15. The van der Waals surface area contributed by atoms with Gasteiger partial charge in [0, 0.05) is 25.5 Å². The van der Waals surface area contributed by atoms with Crippen LogP contribution in [0.2, 0.25) is 0 Å². The van der Waals surface area contributed by atoms with E-state index >= 15 is 0 Å². The Labute approximate surface area is 138 Å². The average Bonchev–Trinajstić information content (AvgIpc) is 3.08. The molecular weight excluding hydrogens is 330 g/mol. The number of nitrogens with zero attached hydrogens (tertiary/aromatic N) is 3. The van der Waals surface area contributed by atoms with E-state index in [1.807, 2.05) is 0 Å². The van der Waals surface area contributed by atoms with Crippen LogP contribution >= 0.6 is 0 Å². The molecule has 1 aromatic heterocycles. The van der Waals surface area contributed by atoms with E-state index in [9.17, 15) is 8.42 Å². The normalized spacial score (nSPS) is 13.2. The van der Waals surface area contributed by atoms with Crippen molar-refractivity contribution in [3.8, 4) is 11.5 Å². The summed E-state index contributed by atoms with van der Waals surface area (Å²) >= 11 is 0. The lowest BCUT2D eigenvalue weighted by Gasteiger charge is -2.20. The number of ether oxygens (including phenoxy) is 2. The van der Waals surface area contributed by atoms with Crippen molar-refractivity contribution in [1.29, 1.82) is 0 Å². The molecule has 0 N–H and O–H groups in total. The predicted octanol–water partition coefficient (Wildman–Crippen LogP) is 2.18. The van der Waals surface area contributed by atoms with Gasteiger partial charge in [-0.2, -0.15) is 0 Å². The summed E-state index contributed by atoms with van der Waals surface area (Å²) < 4.78 is 37.4. The molecule has 0 atom stereocenters. The lowest BCUT2D eigenvalue weighted by molar-refractivity contribution is 0.174. The second-order valence-electron chi connectivity index (χ2n) is 5.22. The molecule has 2 heterocycles. The molecule has 122 valence electrons. The van der Waals surface area contributed by atoms with Crippen LogP contribution in [0.15, 0.2) is 53.7 Å². The van der Waals surface area contributed by atoms with Gasteiger partial charge in [-0.1, -0.05) is 0 Å². The van der Waals surface area contributed by atoms with Crippen LogP contribution in [0.25, 0.3) is 11.0 Å². The molecule has 7 nitrogen and oxygen atoms in total. The molecule has 3 aromatic rings. The van der Waals surface area contributed by atoms with Crippen molar-refractivity contribution in [3.63, 3.8) is 0 Å². The van der Waals surface area contributed by atoms with Crippen LogP contribution in [0.3, 0.4) is 0 Å². The van der Waals surface area contributed by atoms with Crippen molar-refractivity contribution < 1.29 is 17.9 Å². The van der Waals surface area contributed by atoms with E-state index in [4.69, 9.17) is 9.47 Å². The fourth-order valence-electron chi connectivity index (χ4n) is 2.48. The zero-order valence-corrected chi connectivity index (χ0v) is 13.5. The summed E-state index contributed by atoms with van der Waals surface area (Å²) in [7, 11) is -2.24. The number of anilines is 1. The number of rotatable bonds is 3. The zero-order chi connectivity index (χ0) is 16.7. The Bertz CT molecular complexity index is 1040. The molecule has 0 fully saturated rings. The monoisotopic (exact) mass is 343 g/mol. The van der Waals surface area contributed by atoms with Crippen molar-refractivity contribution in [2.24, 2.45) is 0 Å². The van der Waals surface area contributed by atoms with E-state index in [1.54, 1.807) is 36.7 Å². The largest absolute Gasteiger partial charge is 0.454 e. The summed E-state index contributed by atoms with van der Waals surface area (Å²) in [5, 5.41) is 0. The van der Waals surface area contributed by atoms with E-state index in [0.717, 1.165) is 0 Å². The maximum Gasteiger partial charge on any atom is 0.264 e. The Kier molecular flexibility index (Phi) is 3.27. The van der Waals surface area contributed by atoms with E-state index < -0.39 is 10.0 Å². The topological polar surface area (TPSA) is 81.6 Å². The van der Waals surface area contributed by atoms with Crippen molar-refractivity contribution in [2.45, 2.75) is 4.90 Å². The van der Waals surface area contributed by atoms with E-state index in [-0.39, 0.29) is 11.7 Å². The highest BCUT2D eigenvalue weighted by Gasteiger charge is 2.25. The second-order valence-corrected chi connectivity index (χ2v) is 7.19. The summed E-state index contributed by atoms with van der Waals surface area (Å²) in [6, 6.07) is 9.68. The van der Waals surface area contributed by atoms with E-state index in [1.165, 1.54) is 23.5 Å². The van der Waals surface area contributed by atoms with Gasteiger partial charge in [0.15, 0.2) is 11.5 Å². The molecule has 0 amide bonds. The molecule has 1 aliphatic rings. The molecule has 0 bridgehead atoms.